The SMILES string of the molecule is Cc1ccc(N2CCC(CCO)C2)c(CO)c1. The quantitative estimate of drug-likeness (QED) is 0.834. The van der Waals surface area contributed by atoms with E-state index in [4.69, 9.17) is 5.11 Å². The number of benzene rings is 1. The normalized spacial score (nSPS) is 19.9. The first-order valence-corrected chi connectivity index (χ1v) is 6.30. The largest absolute Gasteiger partial charge is 0.396 e. The molecule has 0 amide bonds. The molecule has 0 aliphatic carbocycles. The molecule has 2 N–H and O–H groups in total. The second-order valence-corrected chi connectivity index (χ2v) is 4.90. The van der Waals surface area contributed by atoms with Crippen molar-refractivity contribution in [3.8, 4) is 0 Å². The summed E-state index contributed by atoms with van der Waals surface area (Å²) in [5, 5.41) is 18.4. The van der Waals surface area contributed by atoms with Crippen molar-refractivity contribution in [1.29, 1.82) is 0 Å². The lowest BCUT2D eigenvalue weighted by molar-refractivity contribution is 0.263. The minimum atomic E-state index is 0.0954. The predicted octanol–water partition coefficient (Wildman–Crippen LogP) is 1.70. The standard InChI is InChI=1S/C14H21NO2/c1-11-2-3-14(13(8-11)10-17)15-6-4-12(9-15)5-7-16/h2-3,8,12,16-17H,4-7,9-10H2,1H3. The average Bonchev–Trinajstić information content (AvgIpc) is 2.78. The van der Waals surface area contributed by atoms with Crippen molar-refractivity contribution in [2.45, 2.75) is 26.4 Å². The van der Waals surface area contributed by atoms with Gasteiger partial charge in [0.1, 0.15) is 0 Å². The van der Waals surface area contributed by atoms with Gasteiger partial charge >= 0.3 is 0 Å². The molecule has 1 aliphatic rings. The van der Waals surface area contributed by atoms with Crippen LogP contribution in [-0.4, -0.2) is 29.9 Å². The van der Waals surface area contributed by atoms with Crippen molar-refractivity contribution in [2.24, 2.45) is 5.92 Å². The number of aliphatic hydroxyl groups excluding tert-OH is 2. The number of anilines is 1. The van der Waals surface area contributed by atoms with Crippen LogP contribution >= 0.6 is 0 Å². The Bertz CT molecular complexity index is 378. The van der Waals surface area contributed by atoms with Gasteiger partial charge in [-0.2, -0.15) is 0 Å². The molecule has 3 nitrogen and oxygen atoms in total. The minimum Gasteiger partial charge on any atom is -0.396 e. The van der Waals surface area contributed by atoms with Gasteiger partial charge in [-0.15, -0.1) is 0 Å². The van der Waals surface area contributed by atoms with E-state index in [9.17, 15) is 5.11 Å². The van der Waals surface area contributed by atoms with Gasteiger partial charge in [-0.05, 0) is 31.7 Å². The molecule has 1 unspecified atom stereocenters. The Morgan fingerprint density at radius 2 is 2.18 bits per heavy atom. The van der Waals surface area contributed by atoms with Crippen LogP contribution in [-0.2, 0) is 6.61 Å². The number of aliphatic hydroxyl groups is 2. The third kappa shape index (κ3) is 2.79. The molecular formula is C14H21NO2. The van der Waals surface area contributed by atoms with E-state index >= 15 is 0 Å². The van der Waals surface area contributed by atoms with Crippen molar-refractivity contribution < 1.29 is 10.2 Å². The maximum atomic E-state index is 9.41. The topological polar surface area (TPSA) is 43.7 Å². The lowest BCUT2D eigenvalue weighted by atomic mass is 10.1. The highest BCUT2D eigenvalue weighted by Crippen LogP contribution is 2.29. The number of hydrogen-bond donors (Lipinski definition) is 2. The van der Waals surface area contributed by atoms with E-state index in [0.29, 0.717) is 5.92 Å². The molecule has 1 fully saturated rings. The van der Waals surface area contributed by atoms with Crippen molar-refractivity contribution in [2.75, 3.05) is 24.6 Å². The number of rotatable bonds is 4. The Balaban J connectivity index is 2.12. The number of nitrogens with zero attached hydrogens (tertiary/aromatic N) is 1. The van der Waals surface area contributed by atoms with Gasteiger partial charge in [-0.3, -0.25) is 0 Å². The van der Waals surface area contributed by atoms with Crippen LogP contribution < -0.4 is 4.90 Å². The Kier molecular flexibility index (Phi) is 4.02. The second kappa shape index (κ2) is 5.52. The fourth-order valence-electron chi connectivity index (χ4n) is 2.62. The van der Waals surface area contributed by atoms with Gasteiger partial charge in [0.15, 0.2) is 0 Å². The van der Waals surface area contributed by atoms with Crippen LogP contribution in [0.1, 0.15) is 24.0 Å². The van der Waals surface area contributed by atoms with E-state index < -0.39 is 0 Å². The summed E-state index contributed by atoms with van der Waals surface area (Å²) in [5.74, 6) is 0.591. The second-order valence-electron chi connectivity index (χ2n) is 4.90. The molecule has 94 valence electrons. The van der Waals surface area contributed by atoms with Gasteiger partial charge in [0, 0.05) is 30.9 Å². The van der Waals surface area contributed by atoms with Gasteiger partial charge < -0.3 is 15.1 Å². The lowest BCUT2D eigenvalue weighted by Gasteiger charge is -2.22. The van der Waals surface area contributed by atoms with Gasteiger partial charge in [0.05, 0.1) is 6.61 Å². The zero-order valence-corrected chi connectivity index (χ0v) is 10.4. The molecule has 17 heavy (non-hydrogen) atoms. The summed E-state index contributed by atoms with van der Waals surface area (Å²) >= 11 is 0. The van der Waals surface area contributed by atoms with Crippen molar-refractivity contribution in [1.82, 2.24) is 0 Å². The summed E-state index contributed by atoms with van der Waals surface area (Å²) in [6.45, 7) is 4.44. The van der Waals surface area contributed by atoms with Crippen LogP contribution in [0.4, 0.5) is 5.69 Å². The molecule has 0 spiro atoms. The van der Waals surface area contributed by atoms with Gasteiger partial charge in [0.2, 0.25) is 0 Å². The van der Waals surface area contributed by atoms with E-state index in [1.165, 1.54) is 5.56 Å². The highest BCUT2D eigenvalue weighted by Gasteiger charge is 2.23. The molecule has 0 bridgehead atoms. The summed E-state index contributed by atoms with van der Waals surface area (Å²) < 4.78 is 0. The third-order valence-electron chi connectivity index (χ3n) is 3.57. The number of hydrogen-bond acceptors (Lipinski definition) is 3. The number of aryl methyl sites for hydroxylation is 1. The molecule has 1 atom stereocenters. The summed E-state index contributed by atoms with van der Waals surface area (Å²) in [4.78, 5) is 2.32. The van der Waals surface area contributed by atoms with Crippen LogP contribution in [0.3, 0.4) is 0 Å². The van der Waals surface area contributed by atoms with Gasteiger partial charge in [0.25, 0.3) is 0 Å². The third-order valence-corrected chi connectivity index (χ3v) is 3.57. The van der Waals surface area contributed by atoms with Gasteiger partial charge in [-0.25, -0.2) is 0 Å². The van der Waals surface area contributed by atoms with Crippen molar-refractivity contribution in [3.63, 3.8) is 0 Å². The van der Waals surface area contributed by atoms with Crippen LogP contribution in [0.5, 0.6) is 0 Å². The molecule has 2 rings (SSSR count). The Morgan fingerprint density at radius 1 is 1.35 bits per heavy atom. The minimum absolute atomic E-state index is 0.0954. The van der Waals surface area contributed by atoms with E-state index in [0.717, 1.165) is 37.2 Å². The monoisotopic (exact) mass is 235 g/mol. The fraction of sp³-hybridized carbons (Fsp3) is 0.571. The van der Waals surface area contributed by atoms with Crippen molar-refractivity contribution in [3.05, 3.63) is 29.3 Å². The first kappa shape index (κ1) is 12.4. The van der Waals surface area contributed by atoms with Crippen LogP contribution in [0.2, 0.25) is 0 Å². The molecule has 3 heteroatoms. The zero-order chi connectivity index (χ0) is 12.3. The first-order valence-electron chi connectivity index (χ1n) is 6.30. The smallest absolute Gasteiger partial charge is 0.0702 e. The molecule has 1 heterocycles. The first-order chi connectivity index (χ1) is 8.24. The Hall–Kier alpha value is -1.06. The maximum absolute atomic E-state index is 9.41. The average molecular weight is 235 g/mol. The van der Waals surface area contributed by atoms with Crippen molar-refractivity contribution >= 4 is 5.69 Å². The summed E-state index contributed by atoms with van der Waals surface area (Å²) in [7, 11) is 0. The Labute approximate surface area is 103 Å². The molecule has 1 aliphatic heterocycles. The van der Waals surface area contributed by atoms with Gasteiger partial charge in [-0.1, -0.05) is 17.7 Å². The van der Waals surface area contributed by atoms with Crippen LogP contribution in [0, 0.1) is 12.8 Å². The summed E-state index contributed by atoms with van der Waals surface area (Å²) in [6.07, 6.45) is 2.02. The molecule has 0 aromatic heterocycles. The summed E-state index contributed by atoms with van der Waals surface area (Å²) in [5.41, 5.74) is 3.34. The molecule has 0 saturated carbocycles. The van der Waals surface area contributed by atoms with E-state index in [1.54, 1.807) is 0 Å². The van der Waals surface area contributed by atoms with Crippen LogP contribution in [0.15, 0.2) is 18.2 Å². The highest BCUT2D eigenvalue weighted by atomic mass is 16.3. The molecule has 1 aromatic rings. The molecule has 0 radical (unpaired) electrons. The van der Waals surface area contributed by atoms with E-state index in [-0.39, 0.29) is 13.2 Å². The highest BCUT2D eigenvalue weighted by molar-refractivity contribution is 5.55. The van der Waals surface area contributed by atoms with E-state index in [1.807, 2.05) is 6.92 Å². The molecule has 1 aromatic carbocycles. The Morgan fingerprint density at radius 3 is 2.88 bits per heavy atom. The predicted molar refractivity (Wildman–Crippen MR) is 69.1 cm³/mol. The zero-order valence-electron chi connectivity index (χ0n) is 10.4. The maximum Gasteiger partial charge on any atom is 0.0702 e. The lowest BCUT2D eigenvalue weighted by Crippen LogP contribution is -2.21. The van der Waals surface area contributed by atoms with E-state index in [2.05, 4.69) is 23.1 Å². The molecule has 1 saturated heterocycles. The fourth-order valence-corrected chi connectivity index (χ4v) is 2.62. The molecular weight excluding hydrogens is 214 g/mol. The van der Waals surface area contributed by atoms with Crippen LogP contribution in [0.25, 0.3) is 0 Å². The summed E-state index contributed by atoms with van der Waals surface area (Å²) in [6, 6.07) is 6.24.